The first-order valence-corrected chi connectivity index (χ1v) is 11.5. The minimum Gasteiger partial charge on any atom is -0.0930 e. The molecule has 0 saturated heterocycles. The smallest absolute Gasteiger partial charge is 0.000900 e. The summed E-state index contributed by atoms with van der Waals surface area (Å²) < 4.78 is 0. The quantitative estimate of drug-likeness (QED) is 0.523. The SMILES string of the molecule is C(=C1CCCC1P(C1CCCC1)C1CCCC1)c1ccccc1. The Kier molecular flexibility index (Phi) is 5.20. The summed E-state index contributed by atoms with van der Waals surface area (Å²) in [6.45, 7) is 0. The number of hydrogen-bond acceptors (Lipinski definition) is 0. The summed E-state index contributed by atoms with van der Waals surface area (Å²) in [4.78, 5) is 0. The Morgan fingerprint density at radius 1 is 0.739 bits per heavy atom. The van der Waals surface area contributed by atoms with E-state index in [0.717, 1.165) is 17.0 Å². The van der Waals surface area contributed by atoms with Gasteiger partial charge in [0, 0.05) is 5.66 Å². The van der Waals surface area contributed by atoms with Crippen molar-refractivity contribution in [3.8, 4) is 0 Å². The van der Waals surface area contributed by atoms with E-state index in [1.807, 2.05) is 5.57 Å². The summed E-state index contributed by atoms with van der Waals surface area (Å²) in [5.41, 5.74) is 6.44. The predicted octanol–water partition coefficient (Wildman–Crippen LogP) is 6.99. The highest BCUT2D eigenvalue weighted by atomic mass is 31.1. The monoisotopic (exact) mass is 326 g/mol. The molecule has 0 nitrogen and oxygen atoms in total. The first kappa shape index (κ1) is 15.9. The molecule has 0 heterocycles. The lowest BCUT2D eigenvalue weighted by molar-refractivity contribution is 0.795. The molecule has 23 heavy (non-hydrogen) atoms. The van der Waals surface area contributed by atoms with Crippen LogP contribution in [0.15, 0.2) is 35.9 Å². The topological polar surface area (TPSA) is 0 Å². The van der Waals surface area contributed by atoms with Gasteiger partial charge in [-0.15, -0.1) is 0 Å². The Morgan fingerprint density at radius 3 is 1.96 bits per heavy atom. The normalized spacial score (nSPS) is 28.4. The zero-order valence-corrected chi connectivity index (χ0v) is 15.3. The van der Waals surface area contributed by atoms with E-state index < -0.39 is 0 Å². The van der Waals surface area contributed by atoms with E-state index in [-0.39, 0.29) is 7.92 Å². The van der Waals surface area contributed by atoms with E-state index in [1.165, 1.54) is 50.5 Å². The molecule has 0 radical (unpaired) electrons. The van der Waals surface area contributed by atoms with Crippen molar-refractivity contribution in [1.29, 1.82) is 0 Å². The van der Waals surface area contributed by atoms with E-state index >= 15 is 0 Å². The minimum absolute atomic E-state index is 0.232. The molecule has 0 bridgehead atoms. The summed E-state index contributed by atoms with van der Waals surface area (Å²) in [5.74, 6) is 0. The summed E-state index contributed by atoms with van der Waals surface area (Å²) in [6.07, 6.45) is 19.2. The molecule has 3 aliphatic carbocycles. The molecule has 1 heteroatoms. The molecular weight excluding hydrogens is 295 g/mol. The largest absolute Gasteiger partial charge is 0.0930 e. The van der Waals surface area contributed by atoms with Crippen LogP contribution in [-0.2, 0) is 0 Å². The lowest BCUT2D eigenvalue weighted by atomic mass is 10.1. The molecule has 3 aliphatic rings. The van der Waals surface area contributed by atoms with Gasteiger partial charge in [-0.1, -0.05) is 75.6 Å². The van der Waals surface area contributed by atoms with Crippen LogP contribution in [0.4, 0.5) is 0 Å². The van der Waals surface area contributed by atoms with Crippen LogP contribution in [0.3, 0.4) is 0 Å². The molecule has 0 aromatic heterocycles. The lowest BCUT2D eigenvalue weighted by Crippen LogP contribution is -2.19. The maximum Gasteiger partial charge on any atom is 0.000900 e. The van der Waals surface area contributed by atoms with Crippen molar-refractivity contribution < 1.29 is 0 Å². The summed E-state index contributed by atoms with van der Waals surface area (Å²) in [7, 11) is 0.232. The van der Waals surface area contributed by atoms with Crippen LogP contribution < -0.4 is 0 Å². The molecule has 1 unspecified atom stereocenters. The van der Waals surface area contributed by atoms with Crippen molar-refractivity contribution in [2.24, 2.45) is 0 Å². The van der Waals surface area contributed by atoms with E-state index in [9.17, 15) is 0 Å². The Labute approximate surface area is 143 Å². The zero-order chi connectivity index (χ0) is 15.5. The Bertz CT molecular complexity index is 504. The average molecular weight is 326 g/mol. The van der Waals surface area contributed by atoms with Crippen LogP contribution in [0.1, 0.15) is 76.2 Å². The van der Waals surface area contributed by atoms with E-state index in [2.05, 4.69) is 36.4 Å². The van der Waals surface area contributed by atoms with Crippen LogP contribution in [0.25, 0.3) is 6.08 Å². The third kappa shape index (κ3) is 3.58. The fourth-order valence-corrected chi connectivity index (χ4v) is 9.94. The fraction of sp³-hybridized carbons (Fsp3) is 0.636. The van der Waals surface area contributed by atoms with Crippen LogP contribution >= 0.6 is 7.92 Å². The lowest BCUT2D eigenvalue weighted by Gasteiger charge is -2.36. The van der Waals surface area contributed by atoms with Gasteiger partial charge in [-0.25, -0.2) is 0 Å². The second kappa shape index (κ2) is 7.52. The van der Waals surface area contributed by atoms with Crippen molar-refractivity contribution in [3.05, 3.63) is 41.5 Å². The summed E-state index contributed by atoms with van der Waals surface area (Å²) >= 11 is 0. The molecule has 0 amide bonds. The molecule has 124 valence electrons. The molecule has 1 atom stereocenters. The van der Waals surface area contributed by atoms with Crippen molar-refractivity contribution >= 4 is 14.0 Å². The van der Waals surface area contributed by atoms with Gasteiger partial charge in [-0.05, 0) is 61.8 Å². The first-order chi connectivity index (χ1) is 11.4. The highest BCUT2D eigenvalue weighted by Crippen LogP contribution is 2.64. The summed E-state index contributed by atoms with van der Waals surface area (Å²) in [5, 5.41) is 0. The van der Waals surface area contributed by atoms with Gasteiger partial charge in [0.05, 0.1) is 0 Å². The van der Waals surface area contributed by atoms with E-state index in [1.54, 1.807) is 25.7 Å². The van der Waals surface area contributed by atoms with Crippen molar-refractivity contribution in [2.45, 2.75) is 87.6 Å². The minimum atomic E-state index is 0.232. The molecule has 1 aromatic carbocycles. The molecule has 1 aromatic rings. The second-order valence-electron chi connectivity index (χ2n) is 7.86. The Morgan fingerprint density at radius 2 is 1.35 bits per heavy atom. The Hall–Kier alpha value is -0.610. The standard InChI is InChI=1S/C22H31P/c1-2-9-18(10-3-1)17-19-11-8-16-22(19)23(20-12-4-5-13-20)21-14-6-7-15-21/h1-3,9-10,17,20-22H,4-8,11-16H2. The molecule has 3 saturated carbocycles. The van der Waals surface area contributed by atoms with Gasteiger partial charge in [0.25, 0.3) is 0 Å². The molecule has 0 N–H and O–H groups in total. The zero-order valence-electron chi connectivity index (χ0n) is 14.4. The maximum absolute atomic E-state index is 2.57. The first-order valence-electron chi connectivity index (χ1n) is 9.95. The third-order valence-electron chi connectivity index (χ3n) is 6.38. The van der Waals surface area contributed by atoms with Gasteiger partial charge in [-0.3, -0.25) is 0 Å². The van der Waals surface area contributed by atoms with Gasteiger partial charge in [0.1, 0.15) is 0 Å². The highest BCUT2D eigenvalue weighted by Gasteiger charge is 2.40. The molecule has 0 aliphatic heterocycles. The van der Waals surface area contributed by atoms with Crippen LogP contribution in [-0.4, -0.2) is 17.0 Å². The van der Waals surface area contributed by atoms with Crippen molar-refractivity contribution in [3.63, 3.8) is 0 Å². The van der Waals surface area contributed by atoms with Gasteiger partial charge < -0.3 is 0 Å². The van der Waals surface area contributed by atoms with Crippen LogP contribution in [0.5, 0.6) is 0 Å². The van der Waals surface area contributed by atoms with Crippen LogP contribution in [0, 0.1) is 0 Å². The molecule has 0 spiro atoms. The van der Waals surface area contributed by atoms with E-state index in [0.29, 0.717) is 0 Å². The number of rotatable bonds is 4. The van der Waals surface area contributed by atoms with Gasteiger partial charge in [0.2, 0.25) is 0 Å². The molecular formula is C22H31P. The fourth-order valence-electron chi connectivity index (χ4n) is 5.34. The average Bonchev–Trinajstić information content (AvgIpc) is 3.33. The Balaban J connectivity index is 1.60. The number of benzene rings is 1. The van der Waals surface area contributed by atoms with Crippen molar-refractivity contribution in [2.75, 3.05) is 0 Å². The van der Waals surface area contributed by atoms with Crippen molar-refractivity contribution in [1.82, 2.24) is 0 Å². The predicted molar refractivity (Wildman–Crippen MR) is 103 cm³/mol. The van der Waals surface area contributed by atoms with Gasteiger partial charge in [-0.2, -0.15) is 0 Å². The third-order valence-corrected chi connectivity index (χ3v) is 10.4. The number of allylic oxidation sites excluding steroid dienone is 1. The van der Waals surface area contributed by atoms with E-state index in [4.69, 9.17) is 0 Å². The maximum atomic E-state index is 2.57. The highest BCUT2D eigenvalue weighted by molar-refractivity contribution is 7.60. The summed E-state index contributed by atoms with van der Waals surface area (Å²) in [6, 6.07) is 11.1. The van der Waals surface area contributed by atoms with Gasteiger partial charge >= 0.3 is 0 Å². The molecule has 4 rings (SSSR count). The van der Waals surface area contributed by atoms with Gasteiger partial charge in [0.15, 0.2) is 0 Å². The number of hydrogen-bond donors (Lipinski definition) is 0. The molecule has 3 fully saturated rings. The second-order valence-corrected chi connectivity index (χ2v) is 10.8. The van der Waals surface area contributed by atoms with Crippen LogP contribution in [0.2, 0.25) is 0 Å².